The standard InChI is InChI=1S/C34H32BNO2/c1-19-8-13-29-25(14-19)31-33(37-29)38-30-16-20(2)15-28-32(30)35(31)26-18-23(34(5,6)7)10-12-27(26)36(28)24-11-9-21(3)22(4)17-24/h8-18H,1-7H3/i2D3. The van der Waals surface area contributed by atoms with E-state index in [4.69, 9.17) is 13.3 Å². The fraction of sp³-hybridized carbons (Fsp3) is 0.235. The Morgan fingerprint density at radius 2 is 1.63 bits per heavy atom. The quantitative estimate of drug-likeness (QED) is 0.220. The van der Waals surface area contributed by atoms with Gasteiger partial charge < -0.3 is 14.1 Å². The molecule has 5 aromatic rings. The number of hydrogen-bond acceptors (Lipinski definition) is 3. The lowest BCUT2D eigenvalue weighted by atomic mass is 9.34. The summed E-state index contributed by atoms with van der Waals surface area (Å²) in [5.41, 5.74) is 11.6. The summed E-state index contributed by atoms with van der Waals surface area (Å²) in [6.45, 7) is 10.5. The second-order valence-corrected chi connectivity index (χ2v) is 11.9. The largest absolute Gasteiger partial charge is 0.427 e. The number of ether oxygens (including phenoxy) is 1. The van der Waals surface area contributed by atoms with Crippen molar-refractivity contribution >= 4 is 51.1 Å². The van der Waals surface area contributed by atoms with Crippen LogP contribution in [0, 0.1) is 27.6 Å². The Morgan fingerprint density at radius 3 is 2.39 bits per heavy atom. The molecule has 38 heavy (non-hydrogen) atoms. The highest BCUT2D eigenvalue weighted by Gasteiger charge is 2.45. The van der Waals surface area contributed by atoms with Crippen LogP contribution in [0.1, 0.15) is 52.7 Å². The molecule has 0 aliphatic carbocycles. The molecule has 0 spiro atoms. The first-order valence-electron chi connectivity index (χ1n) is 14.7. The zero-order valence-corrected chi connectivity index (χ0v) is 22.7. The van der Waals surface area contributed by atoms with Crippen LogP contribution in [0.15, 0.2) is 71.1 Å². The summed E-state index contributed by atoms with van der Waals surface area (Å²) < 4.78 is 37.7. The smallest absolute Gasteiger partial charge is 0.285 e. The first-order chi connectivity index (χ1) is 19.3. The average molecular weight is 500 g/mol. The van der Waals surface area contributed by atoms with Gasteiger partial charge >= 0.3 is 0 Å². The number of fused-ring (bicyclic) bond motifs is 6. The van der Waals surface area contributed by atoms with Crippen molar-refractivity contribution in [3.63, 3.8) is 0 Å². The molecule has 1 aromatic heterocycles. The number of furan rings is 1. The van der Waals surface area contributed by atoms with E-state index in [1.165, 1.54) is 16.7 Å². The van der Waals surface area contributed by atoms with Gasteiger partial charge in [0.1, 0.15) is 11.3 Å². The molecule has 3 nitrogen and oxygen atoms in total. The predicted octanol–water partition coefficient (Wildman–Crippen LogP) is 7.37. The molecule has 0 unspecified atom stereocenters. The van der Waals surface area contributed by atoms with Crippen molar-refractivity contribution in [1.29, 1.82) is 0 Å². The second-order valence-electron chi connectivity index (χ2n) is 11.9. The Morgan fingerprint density at radius 1 is 0.789 bits per heavy atom. The molecule has 0 atom stereocenters. The number of anilines is 3. The summed E-state index contributed by atoms with van der Waals surface area (Å²) >= 11 is 0. The molecule has 0 N–H and O–H groups in total. The van der Waals surface area contributed by atoms with E-state index in [1.54, 1.807) is 6.07 Å². The lowest BCUT2D eigenvalue weighted by molar-refractivity contribution is 0.364. The summed E-state index contributed by atoms with van der Waals surface area (Å²) in [4.78, 5) is 2.21. The predicted molar refractivity (Wildman–Crippen MR) is 160 cm³/mol. The van der Waals surface area contributed by atoms with Gasteiger partial charge in [-0.15, -0.1) is 0 Å². The molecular formula is C34H32BNO2. The van der Waals surface area contributed by atoms with Crippen molar-refractivity contribution in [2.45, 2.75) is 53.8 Å². The van der Waals surface area contributed by atoms with E-state index < -0.39 is 6.85 Å². The van der Waals surface area contributed by atoms with Crippen LogP contribution in [0.2, 0.25) is 0 Å². The average Bonchev–Trinajstić information content (AvgIpc) is 3.26. The van der Waals surface area contributed by atoms with Crippen molar-refractivity contribution in [2.24, 2.45) is 0 Å². The molecule has 2 aliphatic rings. The van der Waals surface area contributed by atoms with E-state index in [0.717, 1.165) is 50.0 Å². The summed E-state index contributed by atoms with van der Waals surface area (Å²) in [6.07, 6.45) is 0. The molecule has 0 amide bonds. The summed E-state index contributed by atoms with van der Waals surface area (Å²) in [6, 6.07) is 22.8. The minimum atomic E-state index is -2.30. The molecule has 7 rings (SSSR count). The van der Waals surface area contributed by atoms with Crippen molar-refractivity contribution in [2.75, 3.05) is 4.90 Å². The van der Waals surface area contributed by atoms with Gasteiger partial charge in [0.2, 0.25) is 0 Å². The van der Waals surface area contributed by atoms with Crippen LogP contribution in [0.5, 0.6) is 11.7 Å². The fourth-order valence-corrected chi connectivity index (χ4v) is 6.01. The monoisotopic (exact) mass is 500 g/mol. The van der Waals surface area contributed by atoms with Crippen LogP contribution in [0.25, 0.3) is 11.0 Å². The van der Waals surface area contributed by atoms with Crippen LogP contribution in [-0.2, 0) is 5.41 Å². The van der Waals surface area contributed by atoms with Crippen LogP contribution in [0.4, 0.5) is 17.1 Å². The highest BCUT2D eigenvalue weighted by molar-refractivity contribution is 7.00. The Hall–Kier alpha value is -3.92. The second kappa shape index (κ2) is 7.80. The molecule has 4 aromatic carbocycles. The topological polar surface area (TPSA) is 25.6 Å². The number of benzene rings is 4. The Kier molecular flexibility index (Phi) is 4.12. The van der Waals surface area contributed by atoms with E-state index in [0.29, 0.717) is 11.7 Å². The summed E-state index contributed by atoms with van der Waals surface area (Å²) in [5, 5.41) is 1.02. The van der Waals surface area contributed by atoms with Gasteiger partial charge in [-0.3, -0.25) is 0 Å². The van der Waals surface area contributed by atoms with Gasteiger partial charge in [-0.1, -0.05) is 50.6 Å². The lowest BCUT2D eigenvalue weighted by Gasteiger charge is -2.40. The number of hydrogen-bond donors (Lipinski definition) is 0. The van der Waals surface area contributed by atoms with E-state index in [1.807, 2.05) is 18.2 Å². The molecule has 2 aliphatic heterocycles. The molecule has 188 valence electrons. The molecule has 3 heterocycles. The van der Waals surface area contributed by atoms with Gasteiger partial charge in [0.25, 0.3) is 12.7 Å². The lowest BCUT2D eigenvalue weighted by Crippen LogP contribution is -2.59. The van der Waals surface area contributed by atoms with E-state index in [9.17, 15) is 0 Å². The molecule has 0 saturated carbocycles. The van der Waals surface area contributed by atoms with Crippen molar-refractivity contribution in [1.82, 2.24) is 0 Å². The normalized spacial score (nSPS) is 15.3. The van der Waals surface area contributed by atoms with Gasteiger partial charge in [0.05, 0.1) is 0 Å². The van der Waals surface area contributed by atoms with Crippen LogP contribution >= 0.6 is 0 Å². The third-order valence-corrected chi connectivity index (χ3v) is 8.18. The summed E-state index contributed by atoms with van der Waals surface area (Å²) in [5.74, 6) is 0.964. The minimum Gasteiger partial charge on any atom is -0.427 e. The van der Waals surface area contributed by atoms with Crippen LogP contribution in [-0.4, -0.2) is 6.71 Å². The van der Waals surface area contributed by atoms with E-state index in [-0.39, 0.29) is 17.7 Å². The Balaban J connectivity index is 1.62. The molecule has 0 fully saturated rings. The molecular weight excluding hydrogens is 465 g/mol. The maximum atomic E-state index is 8.30. The molecule has 4 heteroatoms. The van der Waals surface area contributed by atoms with Gasteiger partial charge in [0, 0.05) is 32.0 Å². The van der Waals surface area contributed by atoms with Crippen molar-refractivity contribution in [3.8, 4) is 11.7 Å². The molecule has 0 saturated heterocycles. The van der Waals surface area contributed by atoms with Crippen LogP contribution < -0.4 is 26.0 Å². The highest BCUT2D eigenvalue weighted by Crippen LogP contribution is 2.43. The first-order valence-corrected chi connectivity index (χ1v) is 13.2. The highest BCUT2D eigenvalue weighted by atomic mass is 16.6. The maximum Gasteiger partial charge on any atom is 0.285 e. The Bertz CT molecular complexity index is 1900. The molecule has 0 bridgehead atoms. The van der Waals surface area contributed by atoms with E-state index >= 15 is 0 Å². The van der Waals surface area contributed by atoms with Gasteiger partial charge in [-0.25, -0.2) is 0 Å². The third-order valence-electron chi connectivity index (χ3n) is 8.18. The van der Waals surface area contributed by atoms with E-state index in [2.05, 4.69) is 88.9 Å². The fourth-order valence-electron chi connectivity index (χ4n) is 6.01. The van der Waals surface area contributed by atoms with Gasteiger partial charge in [-0.2, -0.15) is 0 Å². The van der Waals surface area contributed by atoms with Gasteiger partial charge in [0.15, 0.2) is 0 Å². The number of nitrogens with zero attached hydrogens (tertiary/aromatic N) is 1. The van der Waals surface area contributed by atoms with Gasteiger partial charge in [-0.05, 0) is 109 Å². The number of rotatable bonds is 1. The SMILES string of the molecule is [2H]C([2H])([2H])c1cc2c3c(c1)N(c1ccc(C)c(C)c1)c1ccc(C(C)(C)C)cc1B3c1c(oc3ccc(C)cc13)O2. The minimum absolute atomic E-state index is 0.0580. The third kappa shape index (κ3) is 3.29. The maximum absolute atomic E-state index is 8.30. The van der Waals surface area contributed by atoms with Crippen molar-refractivity contribution in [3.05, 3.63) is 94.5 Å². The molecule has 0 radical (unpaired) electrons. The Labute approximate surface area is 229 Å². The summed E-state index contributed by atoms with van der Waals surface area (Å²) in [7, 11) is 0. The van der Waals surface area contributed by atoms with Crippen LogP contribution in [0.3, 0.4) is 0 Å². The zero-order chi connectivity index (χ0) is 29.0. The number of aryl methyl sites for hydroxylation is 4. The zero-order valence-electron chi connectivity index (χ0n) is 25.7. The van der Waals surface area contributed by atoms with Crippen molar-refractivity contribution < 1.29 is 13.3 Å². The first kappa shape index (κ1) is 20.1.